The Morgan fingerprint density at radius 3 is 2.57 bits per heavy atom. The maximum atomic E-state index is 4.58. The molecule has 0 atom stereocenters. The average Bonchev–Trinajstić information content (AvgIpc) is 2.87. The van der Waals surface area contributed by atoms with E-state index in [0.29, 0.717) is 6.54 Å². The van der Waals surface area contributed by atoms with Crippen LogP contribution in [-0.4, -0.2) is 36.1 Å². The van der Waals surface area contributed by atoms with Crippen LogP contribution < -0.4 is 16.0 Å². The number of nitrogens with zero attached hydrogens (tertiary/aromatic N) is 2. The second-order valence-electron chi connectivity index (χ2n) is 5.87. The number of aliphatic imine (C=N–C) groups is 1. The quantitative estimate of drug-likeness (QED) is 0.410. The summed E-state index contributed by atoms with van der Waals surface area (Å²) >= 11 is 1.74. The highest BCUT2D eigenvalue weighted by Gasteiger charge is 2.07. The molecule has 0 unspecified atom stereocenters. The van der Waals surface area contributed by atoms with Gasteiger partial charge in [-0.1, -0.05) is 6.92 Å². The first-order valence-electron chi connectivity index (χ1n) is 7.65. The number of thiazole rings is 1. The summed E-state index contributed by atoms with van der Waals surface area (Å²) in [5.74, 6) is 0.849. The number of hydrogen-bond donors (Lipinski definition) is 3. The lowest BCUT2D eigenvalue weighted by atomic mass is 10.1. The monoisotopic (exact) mass is 311 g/mol. The third kappa shape index (κ3) is 8.02. The molecule has 0 aliphatic carbocycles. The van der Waals surface area contributed by atoms with Crippen LogP contribution in [-0.2, 0) is 13.0 Å². The molecule has 0 saturated carbocycles. The van der Waals surface area contributed by atoms with Crippen molar-refractivity contribution in [2.45, 2.75) is 53.1 Å². The predicted molar refractivity (Wildman–Crippen MR) is 92.1 cm³/mol. The Bertz CT molecular complexity index is 434. The molecule has 0 spiro atoms. The van der Waals surface area contributed by atoms with Crippen LogP contribution in [0.25, 0.3) is 0 Å². The van der Waals surface area contributed by atoms with Crippen molar-refractivity contribution in [1.29, 1.82) is 0 Å². The van der Waals surface area contributed by atoms with Crippen LogP contribution in [0.5, 0.6) is 0 Å². The highest BCUT2D eigenvalue weighted by atomic mass is 32.1. The molecular weight excluding hydrogens is 282 g/mol. The summed E-state index contributed by atoms with van der Waals surface area (Å²) < 4.78 is 0. The molecule has 1 heterocycles. The molecule has 0 saturated heterocycles. The van der Waals surface area contributed by atoms with Crippen LogP contribution in [0.4, 0.5) is 0 Å². The minimum absolute atomic E-state index is 0.147. The third-order valence-corrected chi connectivity index (χ3v) is 3.87. The van der Waals surface area contributed by atoms with Crippen LogP contribution in [0.3, 0.4) is 0 Å². The molecule has 0 amide bonds. The lowest BCUT2D eigenvalue weighted by Crippen LogP contribution is -2.44. The molecule has 21 heavy (non-hydrogen) atoms. The average molecular weight is 311 g/mol. The van der Waals surface area contributed by atoms with Crippen LogP contribution in [0, 0.1) is 0 Å². The standard InChI is InChI=1S/C15H29N5S/c1-6-12-10-18-13(21-12)11-19-14(16-7-2)17-8-9-20-15(3,4)5/h10,20H,6-9,11H2,1-5H3,(H2,16,17,19). The first-order valence-corrected chi connectivity index (χ1v) is 8.47. The normalized spacial score (nSPS) is 12.5. The number of rotatable bonds is 7. The molecule has 0 fully saturated rings. The fourth-order valence-electron chi connectivity index (χ4n) is 1.69. The maximum Gasteiger partial charge on any atom is 0.191 e. The van der Waals surface area contributed by atoms with Gasteiger partial charge in [0, 0.05) is 36.2 Å². The third-order valence-electron chi connectivity index (χ3n) is 2.74. The second kappa shape index (κ2) is 9.00. The number of nitrogens with one attached hydrogen (secondary N) is 3. The van der Waals surface area contributed by atoms with E-state index in [4.69, 9.17) is 0 Å². The number of aryl methyl sites for hydroxylation is 1. The Morgan fingerprint density at radius 2 is 2.00 bits per heavy atom. The molecule has 0 aliphatic rings. The minimum atomic E-state index is 0.147. The van der Waals surface area contributed by atoms with Gasteiger partial charge >= 0.3 is 0 Å². The van der Waals surface area contributed by atoms with Crippen molar-refractivity contribution in [3.05, 3.63) is 16.1 Å². The van der Waals surface area contributed by atoms with E-state index in [9.17, 15) is 0 Å². The van der Waals surface area contributed by atoms with Crippen LogP contribution >= 0.6 is 11.3 Å². The lowest BCUT2D eigenvalue weighted by Gasteiger charge is -2.21. The minimum Gasteiger partial charge on any atom is -0.357 e. The fourth-order valence-corrected chi connectivity index (χ4v) is 2.48. The van der Waals surface area contributed by atoms with Gasteiger partial charge in [-0.05, 0) is 34.1 Å². The zero-order valence-electron chi connectivity index (χ0n) is 13.9. The van der Waals surface area contributed by atoms with E-state index in [2.05, 4.69) is 60.5 Å². The van der Waals surface area contributed by atoms with Gasteiger partial charge in [0.15, 0.2) is 5.96 Å². The Morgan fingerprint density at radius 1 is 1.24 bits per heavy atom. The molecule has 1 rings (SSSR count). The molecule has 1 aromatic heterocycles. The van der Waals surface area contributed by atoms with Crippen molar-refractivity contribution < 1.29 is 0 Å². The predicted octanol–water partition coefficient (Wildman–Crippen LogP) is 2.15. The molecule has 0 aliphatic heterocycles. The van der Waals surface area contributed by atoms with Crippen LogP contribution in [0.1, 0.15) is 44.5 Å². The van der Waals surface area contributed by atoms with Crippen molar-refractivity contribution in [3.8, 4) is 0 Å². The zero-order chi connectivity index (χ0) is 15.7. The van der Waals surface area contributed by atoms with E-state index < -0.39 is 0 Å². The molecule has 1 aromatic rings. The smallest absolute Gasteiger partial charge is 0.191 e. The van der Waals surface area contributed by atoms with Gasteiger partial charge in [0.05, 0.1) is 6.54 Å². The second-order valence-corrected chi connectivity index (χ2v) is 7.07. The zero-order valence-corrected chi connectivity index (χ0v) is 14.7. The largest absolute Gasteiger partial charge is 0.357 e. The topological polar surface area (TPSA) is 61.3 Å². The SMILES string of the molecule is CCNC(=NCc1ncc(CC)s1)NCCNC(C)(C)C. The van der Waals surface area contributed by atoms with Crippen LogP contribution in [0.15, 0.2) is 11.2 Å². The Kier molecular flexibility index (Phi) is 7.67. The molecule has 0 radical (unpaired) electrons. The van der Waals surface area contributed by atoms with Crippen molar-refractivity contribution in [2.75, 3.05) is 19.6 Å². The first-order chi connectivity index (χ1) is 9.94. The summed E-state index contributed by atoms with van der Waals surface area (Å²) in [6, 6.07) is 0. The Labute approximate surface area is 132 Å². The number of aromatic nitrogens is 1. The Hall–Kier alpha value is -1.14. The molecular formula is C15H29N5S. The fraction of sp³-hybridized carbons (Fsp3) is 0.733. The molecule has 5 nitrogen and oxygen atoms in total. The van der Waals surface area contributed by atoms with E-state index in [1.54, 1.807) is 11.3 Å². The van der Waals surface area contributed by atoms with Gasteiger partial charge in [0.1, 0.15) is 5.01 Å². The van der Waals surface area contributed by atoms with Crippen molar-refractivity contribution in [1.82, 2.24) is 20.9 Å². The van der Waals surface area contributed by atoms with E-state index in [1.165, 1.54) is 4.88 Å². The molecule has 120 valence electrons. The van der Waals surface area contributed by atoms with Crippen molar-refractivity contribution in [2.24, 2.45) is 4.99 Å². The van der Waals surface area contributed by atoms with Gasteiger partial charge in [-0.25, -0.2) is 9.98 Å². The summed E-state index contributed by atoms with van der Waals surface area (Å²) in [6.07, 6.45) is 2.99. The van der Waals surface area contributed by atoms with Crippen molar-refractivity contribution >= 4 is 17.3 Å². The van der Waals surface area contributed by atoms with Crippen molar-refractivity contribution in [3.63, 3.8) is 0 Å². The van der Waals surface area contributed by atoms with Crippen LogP contribution in [0.2, 0.25) is 0 Å². The summed E-state index contributed by atoms with van der Waals surface area (Å²) in [7, 11) is 0. The molecule has 0 aromatic carbocycles. The number of guanidine groups is 1. The van der Waals surface area contributed by atoms with Gasteiger partial charge in [0.25, 0.3) is 0 Å². The summed E-state index contributed by atoms with van der Waals surface area (Å²) in [6.45, 7) is 14.0. The summed E-state index contributed by atoms with van der Waals surface area (Å²) in [5, 5.41) is 11.1. The number of hydrogen-bond acceptors (Lipinski definition) is 4. The van der Waals surface area contributed by atoms with Gasteiger partial charge < -0.3 is 16.0 Å². The molecule has 3 N–H and O–H groups in total. The Balaban J connectivity index is 2.42. The first kappa shape index (κ1) is 17.9. The van der Waals surface area contributed by atoms with E-state index in [1.807, 2.05) is 6.20 Å². The van der Waals surface area contributed by atoms with E-state index >= 15 is 0 Å². The maximum absolute atomic E-state index is 4.58. The van der Waals surface area contributed by atoms with Gasteiger partial charge in [-0.15, -0.1) is 11.3 Å². The lowest BCUT2D eigenvalue weighted by molar-refractivity contribution is 0.428. The molecule has 6 heteroatoms. The van der Waals surface area contributed by atoms with Gasteiger partial charge in [0.2, 0.25) is 0 Å². The highest BCUT2D eigenvalue weighted by molar-refractivity contribution is 7.11. The summed E-state index contributed by atoms with van der Waals surface area (Å²) in [5.41, 5.74) is 0.147. The summed E-state index contributed by atoms with van der Waals surface area (Å²) in [4.78, 5) is 10.3. The molecule has 0 bridgehead atoms. The van der Waals surface area contributed by atoms with E-state index in [-0.39, 0.29) is 5.54 Å². The van der Waals surface area contributed by atoms with E-state index in [0.717, 1.165) is 37.0 Å². The van der Waals surface area contributed by atoms with Gasteiger partial charge in [-0.2, -0.15) is 0 Å². The van der Waals surface area contributed by atoms with Gasteiger partial charge in [-0.3, -0.25) is 0 Å². The highest BCUT2D eigenvalue weighted by Crippen LogP contribution is 2.13.